The highest BCUT2D eigenvalue weighted by Crippen LogP contribution is 2.55. The molecule has 20 nitrogen and oxygen atoms in total. The Morgan fingerprint density at radius 3 is 0.565 bits per heavy atom. The molecule has 0 aliphatic heterocycles. The van der Waals surface area contributed by atoms with Crippen LogP contribution in [0, 0.1) is 0 Å². The Bertz CT molecular complexity index is 4460. The van der Waals surface area contributed by atoms with Gasteiger partial charge in [-0.1, -0.05) is 24.3 Å². The van der Waals surface area contributed by atoms with Crippen LogP contribution in [0.25, 0.3) is 32.3 Å². The first-order valence-corrected chi connectivity index (χ1v) is 27.9. The monoisotopic (exact) mass is 1220 g/mol. The first kappa shape index (κ1) is 59.0. The summed E-state index contributed by atoms with van der Waals surface area (Å²) < 4.78 is 10.5. The van der Waals surface area contributed by atoms with Crippen molar-refractivity contribution in [2.45, 2.75) is 0 Å². The summed E-state index contributed by atoms with van der Waals surface area (Å²) >= 11 is 0. The molecule has 92 heavy (non-hydrogen) atoms. The van der Waals surface area contributed by atoms with Crippen molar-refractivity contribution < 1.29 is 78.5 Å². The molecule has 20 heteroatoms. The fourth-order valence-corrected chi connectivity index (χ4v) is 11.3. The van der Waals surface area contributed by atoms with Crippen LogP contribution in [-0.4, -0.2) is 79.4 Å². The molecule has 0 bridgehead atoms. The average molecular weight is 1220 g/mol. The second-order valence-electron chi connectivity index (χ2n) is 20.8. The van der Waals surface area contributed by atoms with E-state index in [1.54, 1.807) is 121 Å². The van der Waals surface area contributed by atoms with E-state index in [0.29, 0.717) is 101 Å². The van der Waals surface area contributed by atoms with E-state index in [1.165, 1.54) is 72.8 Å². The molecule has 12 aromatic carbocycles. The first-order valence-electron chi connectivity index (χ1n) is 27.9. The lowest BCUT2D eigenvalue weighted by Crippen LogP contribution is -2.16. The Hall–Kier alpha value is -13.4. The van der Waals surface area contributed by atoms with Crippen LogP contribution in [0.2, 0.25) is 0 Å². The van der Waals surface area contributed by atoms with Gasteiger partial charge in [0.2, 0.25) is 0 Å². The zero-order valence-electron chi connectivity index (χ0n) is 47.6. The summed E-state index contributed by atoms with van der Waals surface area (Å²) in [5.41, 5.74) is 5.16. The standard InChI is InChI=1S/C72H46N4O16/c77-39-91-55-29-25-53(26-30-55)75(51-21-9-45(10-22-51)71(87)88)63-37-61(73(47-13-1-41(2-14-47)67(79)80)48-15-3-42(4-16-48)68(81)82)57-33-34-58-62(74(49-17-5-43(6-18-49)69(83)84)50-19-7-44(8-20-50)70(85)86)38-64(60-36-35-59(63)65(57)66(58)60)76(52-23-11-46(12-24-52)72(89)90)54-27-31-56(32-28-54)92-40-78/h1-40H,(H,79,80)(H,81,82)(H,83,84)(H,85,86)(H,87,88)(H,89,90). The first-order chi connectivity index (χ1) is 44.5. The van der Waals surface area contributed by atoms with Gasteiger partial charge in [-0.3, -0.25) is 9.59 Å². The van der Waals surface area contributed by atoms with Crippen LogP contribution in [-0.2, 0) is 9.59 Å². The molecule has 12 rings (SSSR count). The van der Waals surface area contributed by atoms with E-state index in [0.717, 1.165) is 0 Å². The van der Waals surface area contributed by atoms with E-state index in [9.17, 15) is 69.0 Å². The molecule has 0 aliphatic rings. The topological polar surface area (TPSA) is 289 Å². The summed E-state index contributed by atoms with van der Waals surface area (Å²) in [6, 6.07) is 61.1. The van der Waals surface area contributed by atoms with Crippen molar-refractivity contribution in [2.75, 3.05) is 19.6 Å². The van der Waals surface area contributed by atoms with Crippen molar-refractivity contribution in [1.29, 1.82) is 0 Å². The molecule has 6 N–H and O–H groups in total. The smallest absolute Gasteiger partial charge is 0.335 e. The number of carbonyl (C=O) groups excluding carboxylic acids is 2. The fourth-order valence-electron chi connectivity index (χ4n) is 11.3. The maximum absolute atomic E-state index is 12.5. The molecule has 0 unspecified atom stereocenters. The van der Waals surface area contributed by atoms with Crippen LogP contribution in [0.5, 0.6) is 11.5 Å². The van der Waals surface area contributed by atoms with Crippen molar-refractivity contribution in [2.24, 2.45) is 0 Å². The minimum atomic E-state index is -1.19. The zero-order valence-corrected chi connectivity index (χ0v) is 47.6. The van der Waals surface area contributed by atoms with Crippen molar-refractivity contribution in [3.05, 3.63) is 264 Å². The minimum Gasteiger partial charge on any atom is -0.478 e. The summed E-state index contributed by atoms with van der Waals surface area (Å²) in [6.45, 7) is 0.572. The number of anilines is 12. The van der Waals surface area contributed by atoms with E-state index >= 15 is 0 Å². The third-order valence-corrected chi connectivity index (χ3v) is 15.6. The lowest BCUT2D eigenvalue weighted by Gasteiger charge is -2.34. The van der Waals surface area contributed by atoms with Gasteiger partial charge in [0.15, 0.2) is 0 Å². The maximum atomic E-state index is 12.5. The predicted octanol–water partition coefficient (Wildman–Crippen LogP) is 15.7. The molecule has 0 fully saturated rings. The van der Waals surface area contributed by atoms with Crippen molar-refractivity contribution in [3.63, 3.8) is 0 Å². The molecule has 0 spiro atoms. The van der Waals surface area contributed by atoms with Gasteiger partial charge in [-0.15, -0.1) is 0 Å². The highest BCUT2D eigenvalue weighted by atomic mass is 16.5. The summed E-state index contributed by atoms with van der Waals surface area (Å²) in [7, 11) is 0. The number of carboxylic acids is 6. The number of benzene rings is 12. The quantitative estimate of drug-likeness (QED) is 0.0271. The van der Waals surface area contributed by atoms with Gasteiger partial charge in [0.1, 0.15) is 11.5 Å². The summed E-state index contributed by atoms with van der Waals surface area (Å²) in [6.07, 6.45) is 0. The number of rotatable bonds is 22. The number of carbonyl (C=O) groups is 8. The molecule has 0 amide bonds. The molecule has 0 atom stereocenters. The van der Waals surface area contributed by atoms with Crippen LogP contribution >= 0.6 is 0 Å². The summed E-state index contributed by atoms with van der Waals surface area (Å²) in [5, 5.41) is 64.4. The highest BCUT2D eigenvalue weighted by Gasteiger charge is 2.30. The number of nitrogens with zero attached hydrogens (tertiary/aromatic N) is 4. The summed E-state index contributed by atoms with van der Waals surface area (Å²) in [5.74, 6) is -6.74. The fraction of sp³-hybridized carbons (Fsp3) is 0. The molecule has 0 saturated carbocycles. The molecular formula is C72H46N4O16. The highest BCUT2D eigenvalue weighted by molar-refractivity contribution is 6.33. The number of hydrogen-bond acceptors (Lipinski definition) is 14. The van der Waals surface area contributed by atoms with Crippen LogP contribution in [0.3, 0.4) is 0 Å². The van der Waals surface area contributed by atoms with Crippen LogP contribution in [0.15, 0.2) is 231 Å². The minimum absolute atomic E-state index is 0.0202. The molecule has 0 radical (unpaired) electrons. The molecule has 12 aromatic rings. The van der Waals surface area contributed by atoms with Gasteiger partial charge in [-0.2, -0.15) is 0 Å². The number of ether oxygens (including phenoxy) is 2. The SMILES string of the molecule is O=COc1ccc(N(c2ccc(C(=O)O)cc2)c2cc(N(c3ccc(C(=O)O)cc3)c3ccc(C(=O)O)cc3)c3ccc4c(N(c5ccc(C(=O)O)cc5)c5ccc(C(=O)O)cc5)cc(N(c5ccc(OC=O)cc5)c5ccc(C(=O)O)cc5)c5ccc2c3c54)cc1. The molecular weight excluding hydrogens is 1180 g/mol. The van der Waals surface area contributed by atoms with Gasteiger partial charge in [-0.25, -0.2) is 28.8 Å². The number of hydrogen-bond donors (Lipinski definition) is 6. The Kier molecular flexibility index (Phi) is 15.7. The normalized spacial score (nSPS) is 11.0. The van der Waals surface area contributed by atoms with E-state index in [1.807, 2.05) is 56.0 Å². The van der Waals surface area contributed by atoms with Gasteiger partial charge in [0.05, 0.1) is 56.1 Å². The van der Waals surface area contributed by atoms with E-state index in [4.69, 9.17) is 9.47 Å². The van der Waals surface area contributed by atoms with Crippen LogP contribution < -0.4 is 29.1 Å². The second kappa shape index (κ2) is 24.4. The third kappa shape index (κ3) is 11.1. The Balaban J connectivity index is 1.29. The van der Waals surface area contributed by atoms with E-state index in [2.05, 4.69) is 0 Å². The number of carboxylic acid groups (broad SMARTS) is 6. The largest absolute Gasteiger partial charge is 0.478 e. The van der Waals surface area contributed by atoms with E-state index in [-0.39, 0.29) is 57.8 Å². The Morgan fingerprint density at radius 2 is 0.413 bits per heavy atom. The summed E-state index contributed by atoms with van der Waals surface area (Å²) in [4.78, 5) is 105. The average Bonchev–Trinajstić information content (AvgIpc) is 0.704. The van der Waals surface area contributed by atoms with Crippen molar-refractivity contribution in [1.82, 2.24) is 0 Å². The molecule has 0 heterocycles. The van der Waals surface area contributed by atoms with Gasteiger partial charge in [0, 0.05) is 77.8 Å². The Morgan fingerprint density at radius 1 is 0.250 bits per heavy atom. The lowest BCUT2D eigenvalue weighted by atomic mass is 9.89. The molecule has 0 aliphatic carbocycles. The number of aromatic carboxylic acids is 6. The van der Waals surface area contributed by atoms with Crippen LogP contribution in [0.1, 0.15) is 62.1 Å². The van der Waals surface area contributed by atoms with Crippen LogP contribution in [0.4, 0.5) is 68.2 Å². The van der Waals surface area contributed by atoms with Gasteiger partial charge in [0.25, 0.3) is 12.9 Å². The zero-order chi connectivity index (χ0) is 64.5. The molecule has 450 valence electrons. The van der Waals surface area contributed by atoms with E-state index < -0.39 is 35.8 Å². The predicted molar refractivity (Wildman–Crippen MR) is 344 cm³/mol. The van der Waals surface area contributed by atoms with Gasteiger partial charge >= 0.3 is 35.8 Å². The lowest BCUT2D eigenvalue weighted by molar-refractivity contribution is -0.121. The molecule has 0 aromatic heterocycles. The molecule has 0 saturated heterocycles. The van der Waals surface area contributed by atoms with Crippen molar-refractivity contribution in [3.8, 4) is 11.5 Å². The Labute approximate surface area is 520 Å². The van der Waals surface area contributed by atoms with Gasteiger partial charge in [-0.05, 0) is 206 Å². The van der Waals surface area contributed by atoms with Crippen molar-refractivity contribution >= 4 is 149 Å². The maximum Gasteiger partial charge on any atom is 0.335 e. The second-order valence-corrected chi connectivity index (χ2v) is 20.8. The third-order valence-electron chi connectivity index (χ3n) is 15.6. The van der Waals surface area contributed by atoms with Gasteiger partial charge < -0.3 is 59.7 Å².